The number of anilines is 1. The summed E-state index contributed by atoms with van der Waals surface area (Å²) in [6.07, 6.45) is 0. The predicted octanol–water partition coefficient (Wildman–Crippen LogP) is 4.67. The third-order valence-corrected chi connectivity index (χ3v) is 3.21. The molecular weight excluding hydrogens is 290 g/mol. The standard InChI is InChI=1S/C10H6Cl4N2/c11-6-3-5(15)4-7(12)10(6)16-8(13)1-2-9(16)14/h1-4H,15H2. The molecule has 0 saturated carbocycles. The smallest absolute Gasteiger partial charge is 0.114 e. The number of aromatic nitrogens is 1. The Labute approximate surface area is 112 Å². The first kappa shape index (κ1) is 11.9. The maximum atomic E-state index is 6.07. The number of benzene rings is 1. The Kier molecular flexibility index (Phi) is 3.27. The van der Waals surface area contributed by atoms with E-state index in [2.05, 4.69) is 0 Å². The first-order chi connectivity index (χ1) is 7.50. The van der Waals surface area contributed by atoms with Gasteiger partial charge in [-0.25, -0.2) is 0 Å². The molecule has 2 N–H and O–H groups in total. The molecule has 0 saturated heterocycles. The largest absolute Gasteiger partial charge is 0.399 e. The molecule has 2 nitrogen and oxygen atoms in total. The molecule has 2 aromatic rings. The van der Waals surface area contributed by atoms with Crippen molar-refractivity contribution >= 4 is 52.1 Å². The average molecular weight is 296 g/mol. The van der Waals surface area contributed by atoms with Crippen LogP contribution < -0.4 is 5.73 Å². The van der Waals surface area contributed by atoms with Crippen LogP contribution in [0.4, 0.5) is 5.69 Å². The Morgan fingerprint density at radius 2 is 1.31 bits per heavy atom. The highest BCUT2D eigenvalue weighted by Crippen LogP contribution is 2.36. The topological polar surface area (TPSA) is 30.9 Å². The second-order valence-electron chi connectivity index (χ2n) is 3.15. The molecule has 0 radical (unpaired) electrons. The lowest BCUT2D eigenvalue weighted by molar-refractivity contribution is 1.08. The van der Waals surface area contributed by atoms with Gasteiger partial charge in [-0.3, -0.25) is 4.57 Å². The first-order valence-corrected chi connectivity index (χ1v) is 5.79. The van der Waals surface area contributed by atoms with Gasteiger partial charge < -0.3 is 5.73 Å². The Hall–Kier alpha value is -0.540. The van der Waals surface area contributed by atoms with Crippen molar-refractivity contribution in [3.05, 3.63) is 44.6 Å². The predicted molar refractivity (Wildman–Crippen MR) is 70.2 cm³/mol. The lowest BCUT2D eigenvalue weighted by Gasteiger charge is -2.12. The summed E-state index contributed by atoms with van der Waals surface area (Å²) in [5.74, 6) is 0. The quantitative estimate of drug-likeness (QED) is 0.761. The number of rotatable bonds is 1. The van der Waals surface area contributed by atoms with Crippen LogP contribution in [-0.4, -0.2) is 4.57 Å². The van der Waals surface area contributed by atoms with E-state index in [1.807, 2.05) is 0 Å². The van der Waals surface area contributed by atoms with Crippen molar-refractivity contribution in [2.75, 3.05) is 5.73 Å². The second kappa shape index (κ2) is 4.38. The molecule has 2 rings (SSSR count). The van der Waals surface area contributed by atoms with Crippen LogP contribution >= 0.6 is 46.4 Å². The minimum absolute atomic E-state index is 0.394. The number of nitrogen functional groups attached to an aromatic ring is 1. The van der Waals surface area contributed by atoms with Crippen LogP contribution in [-0.2, 0) is 0 Å². The summed E-state index contributed by atoms with van der Waals surface area (Å²) in [6, 6.07) is 6.50. The molecule has 1 heterocycles. The first-order valence-electron chi connectivity index (χ1n) is 4.28. The van der Waals surface area contributed by atoms with Gasteiger partial charge in [0, 0.05) is 5.69 Å². The molecule has 0 amide bonds. The van der Waals surface area contributed by atoms with Crippen molar-refractivity contribution in [1.29, 1.82) is 0 Å². The maximum Gasteiger partial charge on any atom is 0.114 e. The zero-order valence-electron chi connectivity index (χ0n) is 7.85. The van der Waals surface area contributed by atoms with Gasteiger partial charge in [0.25, 0.3) is 0 Å². The SMILES string of the molecule is Nc1cc(Cl)c(-n2c(Cl)ccc2Cl)c(Cl)c1. The second-order valence-corrected chi connectivity index (χ2v) is 4.74. The van der Waals surface area contributed by atoms with E-state index in [4.69, 9.17) is 52.1 Å². The van der Waals surface area contributed by atoms with Crippen LogP contribution in [0, 0.1) is 0 Å². The summed E-state index contributed by atoms with van der Waals surface area (Å²) >= 11 is 24.1. The van der Waals surface area contributed by atoms with Gasteiger partial charge in [0.2, 0.25) is 0 Å². The Balaban J connectivity index is 2.74. The fourth-order valence-corrected chi connectivity index (χ4v) is 2.59. The fraction of sp³-hybridized carbons (Fsp3) is 0. The van der Waals surface area contributed by atoms with Gasteiger partial charge in [-0.2, -0.15) is 0 Å². The third kappa shape index (κ3) is 1.98. The lowest BCUT2D eigenvalue weighted by Crippen LogP contribution is -1.98. The van der Waals surface area contributed by atoms with Gasteiger partial charge in [-0.05, 0) is 24.3 Å². The zero-order valence-corrected chi connectivity index (χ0v) is 10.9. The lowest BCUT2D eigenvalue weighted by atomic mass is 10.3. The number of nitrogens with zero attached hydrogens (tertiary/aromatic N) is 1. The summed E-state index contributed by atoms with van der Waals surface area (Å²) in [5, 5.41) is 1.65. The number of hydrogen-bond acceptors (Lipinski definition) is 1. The van der Waals surface area contributed by atoms with Crippen LogP contribution in [0.15, 0.2) is 24.3 Å². The highest BCUT2D eigenvalue weighted by Gasteiger charge is 2.14. The van der Waals surface area contributed by atoms with E-state index in [9.17, 15) is 0 Å². The van der Waals surface area contributed by atoms with Crippen LogP contribution in [0.1, 0.15) is 0 Å². The molecule has 0 fully saturated rings. The van der Waals surface area contributed by atoms with Crippen molar-refractivity contribution in [2.45, 2.75) is 0 Å². The summed E-state index contributed by atoms with van der Waals surface area (Å²) in [7, 11) is 0. The molecule has 6 heteroatoms. The molecule has 0 unspecified atom stereocenters. The van der Waals surface area contributed by atoms with Crippen molar-refractivity contribution in [2.24, 2.45) is 0 Å². The van der Waals surface area contributed by atoms with Crippen LogP contribution in [0.25, 0.3) is 5.69 Å². The van der Waals surface area contributed by atoms with Gasteiger partial charge in [0.15, 0.2) is 0 Å². The number of nitrogens with two attached hydrogens (primary N) is 1. The molecule has 0 spiro atoms. The fourth-order valence-electron chi connectivity index (χ4n) is 1.40. The van der Waals surface area contributed by atoms with Crippen LogP contribution in [0.3, 0.4) is 0 Å². The highest BCUT2D eigenvalue weighted by atomic mass is 35.5. The van der Waals surface area contributed by atoms with E-state index in [1.54, 1.807) is 28.8 Å². The molecular formula is C10H6Cl4N2. The molecule has 16 heavy (non-hydrogen) atoms. The van der Waals surface area contributed by atoms with E-state index in [0.29, 0.717) is 31.7 Å². The van der Waals surface area contributed by atoms with Crippen LogP contribution in [0.2, 0.25) is 20.4 Å². The molecule has 1 aromatic carbocycles. The van der Waals surface area contributed by atoms with Gasteiger partial charge >= 0.3 is 0 Å². The van der Waals surface area contributed by atoms with E-state index in [-0.39, 0.29) is 0 Å². The van der Waals surface area contributed by atoms with E-state index in [1.165, 1.54) is 0 Å². The number of halogens is 4. The van der Waals surface area contributed by atoms with Crippen molar-refractivity contribution < 1.29 is 0 Å². The van der Waals surface area contributed by atoms with E-state index >= 15 is 0 Å². The van der Waals surface area contributed by atoms with Crippen molar-refractivity contribution in [1.82, 2.24) is 4.57 Å². The summed E-state index contributed by atoms with van der Waals surface area (Å²) in [5.41, 5.74) is 6.62. The Bertz CT molecular complexity index is 505. The monoisotopic (exact) mass is 294 g/mol. The normalized spacial score (nSPS) is 10.8. The molecule has 0 atom stereocenters. The van der Waals surface area contributed by atoms with Gasteiger partial charge in [0.1, 0.15) is 10.3 Å². The Morgan fingerprint density at radius 1 is 0.875 bits per heavy atom. The molecule has 0 aliphatic rings. The van der Waals surface area contributed by atoms with E-state index < -0.39 is 0 Å². The maximum absolute atomic E-state index is 6.07. The molecule has 0 aliphatic carbocycles. The molecule has 1 aromatic heterocycles. The Morgan fingerprint density at radius 3 is 1.75 bits per heavy atom. The van der Waals surface area contributed by atoms with Gasteiger partial charge in [-0.1, -0.05) is 46.4 Å². The number of hydrogen-bond donors (Lipinski definition) is 1. The van der Waals surface area contributed by atoms with Crippen molar-refractivity contribution in [3.8, 4) is 5.69 Å². The molecule has 0 aliphatic heterocycles. The van der Waals surface area contributed by atoms with Crippen LogP contribution in [0.5, 0.6) is 0 Å². The molecule has 84 valence electrons. The van der Waals surface area contributed by atoms with Gasteiger partial charge in [-0.15, -0.1) is 0 Å². The molecule has 0 bridgehead atoms. The van der Waals surface area contributed by atoms with E-state index in [0.717, 1.165) is 0 Å². The minimum Gasteiger partial charge on any atom is -0.399 e. The summed E-state index contributed by atoms with van der Waals surface area (Å²) in [4.78, 5) is 0. The average Bonchev–Trinajstić information content (AvgIpc) is 2.47. The van der Waals surface area contributed by atoms with Gasteiger partial charge in [0.05, 0.1) is 15.7 Å². The third-order valence-electron chi connectivity index (χ3n) is 2.05. The summed E-state index contributed by atoms with van der Waals surface area (Å²) < 4.78 is 1.55. The highest BCUT2D eigenvalue weighted by molar-refractivity contribution is 6.39. The minimum atomic E-state index is 0.394. The van der Waals surface area contributed by atoms with Crippen molar-refractivity contribution in [3.63, 3.8) is 0 Å². The summed E-state index contributed by atoms with van der Waals surface area (Å²) in [6.45, 7) is 0. The zero-order chi connectivity index (χ0) is 11.9.